The fourth-order valence-corrected chi connectivity index (χ4v) is 3.58. The van der Waals surface area contributed by atoms with Crippen LogP contribution in [0.5, 0.6) is 0 Å². The summed E-state index contributed by atoms with van der Waals surface area (Å²) in [5, 5.41) is 0. The molecule has 24 heavy (non-hydrogen) atoms. The van der Waals surface area contributed by atoms with Crippen molar-refractivity contribution in [2.75, 3.05) is 6.54 Å². The van der Waals surface area contributed by atoms with Crippen LogP contribution in [0.25, 0.3) is 0 Å². The molecular formula is C20H27N3O. The van der Waals surface area contributed by atoms with Crippen LogP contribution in [0.15, 0.2) is 36.5 Å². The Morgan fingerprint density at radius 3 is 2.75 bits per heavy atom. The minimum atomic E-state index is 0.303. The Balaban J connectivity index is 1.52. The summed E-state index contributed by atoms with van der Waals surface area (Å²) in [4.78, 5) is 19.2. The molecule has 4 heteroatoms. The molecule has 1 unspecified atom stereocenters. The Kier molecular flexibility index (Phi) is 5.34. The maximum atomic E-state index is 12.6. The van der Waals surface area contributed by atoms with Crippen molar-refractivity contribution in [1.82, 2.24) is 14.5 Å². The normalized spacial score (nSPS) is 17.4. The van der Waals surface area contributed by atoms with E-state index < -0.39 is 0 Å². The van der Waals surface area contributed by atoms with Crippen LogP contribution < -0.4 is 0 Å². The molecule has 4 nitrogen and oxygen atoms in total. The van der Waals surface area contributed by atoms with Crippen molar-refractivity contribution in [2.45, 2.75) is 51.5 Å². The van der Waals surface area contributed by atoms with E-state index >= 15 is 0 Å². The lowest BCUT2D eigenvalue weighted by Crippen LogP contribution is -2.36. The van der Waals surface area contributed by atoms with Gasteiger partial charge in [-0.25, -0.2) is 4.98 Å². The Hall–Kier alpha value is -2.10. The number of carbonyl (C=O) groups is 1. The van der Waals surface area contributed by atoms with Crippen LogP contribution in [-0.4, -0.2) is 32.9 Å². The first kappa shape index (κ1) is 16.7. The maximum absolute atomic E-state index is 12.6. The number of hydrogen-bond acceptors (Lipinski definition) is 2. The monoisotopic (exact) mass is 325 g/mol. The topological polar surface area (TPSA) is 38.1 Å². The second-order valence-electron chi connectivity index (χ2n) is 6.78. The number of aromatic nitrogens is 2. The van der Waals surface area contributed by atoms with Crippen LogP contribution >= 0.6 is 0 Å². The summed E-state index contributed by atoms with van der Waals surface area (Å²) in [7, 11) is 2.06. The van der Waals surface area contributed by atoms with Crippen LogP contribution in [0.1, 0.15) is 42.8 Å². The smallest absolute Gasteiger partial charge is 0.223 e. The molecule has 1 aliphatic rings. The molecule has 1 fully saturated rings. The predicted octanol–water partition coefficient (Wildman–Crippen LogP) is 3.28. The number of nitrogens with zero attached hydrogens (tertiary/aromatic N) is 3. The highest BCUT2D eigenvalue weighted by atomic mass is 16.2. The molecule has 1 amide bonds. The van der Waals surface area contributed by atoms with Crippen molar-refractivity contribution in [3.63, 3.8) is 0 Å². The molecule has 0 bridgehead atoms. The van der Waals surface area contributed by atoms with E-state index in [-0.39, 0.29) is 0 Å². The highest BCUT2D eigenvalue weighted by Gasteiger charge is 2.28. The van der Waals surface area contributed by atoms with Gasteiger partial charge in [0.25, 0.3) is 0 Å². The molecule has 2 heterocycles. The van der Waals surface area contributed by atoms with E-state index in [0.29, 0.717) is 18.4 Å². The average Bonchev–Trinajstić information content (AvgIpc) is 3.20. The van der Waals surface area contributed by atoms with Gasteiger partial charge in [0, 0.05) is 44.4 Å². The number of carbonyl (C=O) groups excluding carboxylic acids is 1. The van der Waals surface area contributed by atoms with Crippen LogP contribution in [0.2, 0.25) is 0 Å². The third-order valence-electron chi connectivity index (χ3n) is 5.19. The highest BCUT2D eigenvalue weighted by molar-refractivity contribution is 5.77. The van der Waals surface area contributed by atoms with Crippen molar-refractivity contribution in [3.05, 3.63) is 53.6 Å². The van der Waals surface area contributed by atoms with Crippen molar-refractivity contribution in [1.29, 1.82) is 0 Å². The van der Waals surface area contributed by atoms with E-state index in [9.17, 15) is 4.79 Å². The molecule has 1 atom stereocenters. The van der Waals surface area contributed by atoms with Crippen molar-refractivity contribution in [3.8, 4) is 0 Å². The van der Waals surface area contributed by atoms with Gasteiger partial charge < -0.3 is 9.47 Å². The number of hydrogen-bond donors (Lipinski definition) is 0. The zero-order valence-corrected chi connectivity index (χ0v) is 14.7. The van der Waals surface area contributed by atoms with E-state index in [1.54, 1.807) is 0 Å². The van der Waals surface area contributed by atoms with Gasteiger partial charge in [0.2, 0.25) is 5.91 Å². The number of imidazole rings is 1. The Labute approximate surface area is 144 Å². The van der Waals surface area contributed by atoms with Gasteiger partial charge in [0.1, 0.15) is 5.82 Å². The minimum Gasteiger partial charge on any atom is -0.340 e. The molecular weight excluding hydrogens is 298 g/mol. The zero-order valence-electron chi connectivity index (χ0n) is 14.7. The van der Waals surface area contributed by atoms with Crippen LogP contribution in [0, 0.1) is 6.92 Å². The van der Waals surface area contributed by atoms with Crippen LogP contribution in [0.4, 0.5) is 0 Å². The van der Waals surface area contributed by atoms with E-state index in [1.807, 2.05) is 24.4 Å². The third kappa shape index (κ3) is 3.86. The van der Waals surface area contributed by atoms with Crippen molar-refractivity contribution in [2.24, 2.45) is 7.05 Å². The lowest BCUT2D eigenvalue weighted by Gasteiger charge is -2.25. The molecule has 0 N–H and O–H groups in total. The minimum absolute atomic E-state index is 0.303. The lowest BCUT2D eigenvalue weighted by molar-refractivity contribution is -0.132. The lowest BCUT2D eigenvalue weighted by atomic mass is 10.1. The second-order valence-corrected chi connectivity index (χ2v) is 6.78. The van der Waals surface area contributed by atoms with E-state index in [2.05, 4.69) is 40.6 Å². The molecule has 128 valence electrons. The van der Waals surface area contributed by atoms with Gasteiger partial charge in [-0.2, -0.15) is 0 Å². The average molecular weight is 325 g/mol. The van der Waals surface area contributed by atoms with Gasteiger partial charge in [-0.05, 0) is 38.2 Å². The third-order valence-corrected chi connectivity index (χ3v) is 5.19. The predicted molar refractivity (Wildman–Crippen MR) is 95.8 cm³/mol. The first-order valence-electron chi connectivity index (χ1n) is 8.95. The fraction of sp³-hybridized carbons (Fsp3) is 0.500. The molecule has 2 aromatic rings. The molecule has 1 aliphatic heterocycles. The summed E-state index contributed by atoms with van der Waals surface area (Å²) >= 11 is 0. The number of likely N-dealkylation sites (tertiary alicyclic amines) is 1. The van der Waals surface area contributed by atoms with Crippen LogP contribution in [-0.2, 0) is 24.7 Å². The Bertz CT molecular complexity index is 677. The number of rotatable bonds is 6. The first-order valence-corrected chi connectivity index (χ1v) is 8.95. The summed E-state index contributed by atoms with van der Waals surface area (Å²) in [6.45, 7) is 2.99. The SMILES string of the molecule is Cc1cnc(CCC2CCCN2C(=O)CCc2ccccc2)n1C. The number of amides is 1. The van der Waals surface area contributed by atoms with E-state index in [0.717, 1.165) is 44.5 Å². The largest absolute Gasteiger partial charge is 0.340 e. The van der Waals surface area contributed by atoms with Gasteiger partial charge in [-0.3, -0.25) is 4.79 Å². The van der Waals surface area contributed by atoms with Crippen molar-refractivity contribution >= 4 is 5.91 Å². The highest BCUT2D eigenvalue weighted by Crippen LogP contribution is 2.23. The zero-order chi connectivity index (χ0) is 16.9. The molecule has 0 aliphatic carbocycles. The molecule has 1 aromatic carbocycles. The number of benzene rings is 1. The standard InChI is InChI=1S/C20H27N3O/c1-16-15-21-19(22(16)2)12-11-18-9-6-14-23(18)20(24)13-10-17-7-4-3-5-8-17/h3-5,7-8,15,18H,6,9-14H2,1-2H3. The fourth-order valence-electron chi connectivity index (χ4n) is 3.58. The molecule has 3 rings (SSSR count). The van der Waals surface area contributed by atoms with Gasteiger partial charge >= 0.3 is 0 Å². The quantitative estimate of drug-likeness (QED) is 0.817. The summed E-state index contributed by atoms with van der Waals surface area (Å²) in [5.41, 5.74) is 2.43. The number of aryl methyl sites for hydroxylation is 3. The molecule has 0 saturated carbocycles. The summed E-state index contributed by atoms with van der Waals surface area (Å²) in [6, 6.07) is 10.7. The van der Waals surface area contributed by atoms with E-state index in [1.165, 1.54) is 11.3 Å². The molecule has 1 saturated heterocycles. The van der Waals surface area contributed by atoms with E-state index in [4.69, 9.17) is 0 Å². The Morgan fingerprint density at radius 1 is 1.25 bits per heavy atom. The molecule has 0 spiro atoms. The van der Waals surface area contributed by atoms with Crippen molar-refractivity contribution < 1.29 is 4.79 Å². The van der Waals surface area contributed by atoms with Gasteiger partial charge in [-0.15, -0.1) is 0 Å². The maximum Gasteiger partial charge on any atom is 0.223 e. The molecule has 1 aromatic heterocycles. The van der Waals surface area contributed by atoms with Gasteiger partial charge in [0.05, 0.1) is 0 Å². The van der Waals surface area contributed by atoms with Crippen LogP contribution in [0.3, 0.4) is 0 Å². The Morgan fingerprint density at radius 2 is 2.04 bits per heavy atom. The second kappa shape index (κ2) is 7.65. The first-order chi connectivity index (χ1) is 11.6. The summed E-state index contributed by atoms with van der Waals surface area (Å²) < 4.78 is 2.15. The summed E-state index contributed by atoms with van der Waals surface area (Å²) in [5.74, 6) is 1.42. The van der Waals surface area contributed by atoms with Gasteiger partial charge in [-0.1, -0.05) is 30.3 Å². The van der Waals surface area contributed by atoms with Gasteiger partial charge in [0.15, 0.2) is 0 Å². The molecule has 0 radical (unpaired) electrons. The summed E-state index contributed by atoms with van der Waals surface area (Å²) in [6.07, 6.45) is 7.58.